The topological polar surface area (TPSA) is 4.93 Å². The minimum absolute atomic E-state index is 0.747. The summed E-state index contributed by atoms with van der Waals surface area (Å²) < 4.78 is 3.39. The molecule has 1 aromatic heterocycles. The van der Waals surface area contributed by atoms with Gasteiger partial charge in [-0.1, -0.05) is 94.3 Å². The van der Waals surface area contributed by atoms with E-state index < -0.39 is 0 Å². The third-order valence-electron chi connectivity index (χ3n) is 8.82. The van der Waals surface area contributed by atoms with Gasteiger partial charge in [0.1, 0.15) is 0 Å². The number of aryl methyl sites for hydroxylation is 4. The van der Waals surface area contributed by atoms with Gasteiger partial charge in [-0.2, -0.15) is 0 Å². The molecule has 0 fully saturated rings. The summed E-state index contributed by atoms with van der Waals surface area (Å²) in [6.45, 7) is 10.9. The van der Waals surface area contributed by atoms with Gasteiger partial charge >= 0.3 is 0 Å². The molecule has 0 N–H and O–H groups in total. The number of halogens is 2. The van der Waals surface area contributed by atoms with Crippen LogP contribution in [0, 0.1) is 34.6 Å². The number of hydrogen-bond acceptors (Lipinski definition) is 0. The predicted octanol–water partition coefficient (Wildman–Crippen LogP) is 12.2. The fraction of sp³-hybridized carbons (Fsp3) is 0.128. The molecular formula is C39H31BrClN. The summed E-state index contributed by atoms with van der Waals surface area (Å²) in [5.74, 6) is 0. The van der Waals surface area contributed by atoms with Gasteiger partial charge in [0.05, 0.1) is 11.0 Å². The van der Waals surface area contributed by atoms with E-state index in [0.29, 0.717) is 0 Å². The number of fused-ring (bicyclic) bond motifs is 5. The Bertz CT molecular complexity index is 2160. The molecule has 0 bridgehead atoms. The van der Waals surface area contributed by atoms with Crippen LogP contribution in [0.4, 0.5) is 0 Å². The monoisotopic (exact) mass is 627 g/mol. The van der Waals surface area contributed by atoms with E-state index in [0.717, 1.165) is 26.3 Å². The number of hydrogen-bond donors (Lipinski definition) is 0. The van der Waals surface area contributed by atoms with Crippen molar-refractivity contribution in [1.29, 1.82) is 0 Å². The zero-order valence-electron chi connectivity index (χ0n) is 24.4. The van der Waals surface area contributed by atoms with E-state index in [2.05, 4.69) is 145 Å². The summed E-state index contributed by atoms with van der Waals surface area (Å²) in [4.78, 5) is 0. The molecule has 7 rings (SSSR count). The number of aromatic nitrogens is 1. The lowest BCUT2D eigenvalue weighted by Gasteiger charge is -2.16. The molecule has 0 atom stereocenters. The highest BCUT2D eigenvalue weighted by Crippen LogP contribution is 2.44. The van der Waals surface area contributed by atoms with Crippen molar-refractivity contribution >= 4 is 60.1 Å². The van der Waals surface area contributed by atoms with Crippen LogP contribution >= 0.6 is 27.5 Å². The molecule has 1 nitrogen and oxygen atoms in total. The van der Waals surface area contributed by atoms with Gasteiger partial charge in [-0.3, -0.25) is 0 Å². The molecule has 3 heteroatoms. The smallest absolute Gasteiger partial charge is 0.0553 e. The van der Waals surface area contributed by atoms with Crippen molar-refractivity contribution in [3.05, 3.63) is 134 Å². The summed E-state index contributed by atoms with van der Waals surface area (Å²) in [5.41, 5.74) is 14.6. The van der Waals surface area contributed by atoms with Gasteiger partial charge in [0.15, 0.2) is 0 Å². The summed E-state index contributed by atoms with van der Waals surface area (Å²) in [6, 6.07) is 35.6. The van der Waals surface area contributed by atoms with Gasteiger partial charge in [0.2, 0.25) is 0 Å². The zero-order chi connectivity index (χ0) is 29.3. The molecule has 0 saturated carbocycles. The average Bonchev–Trinajstić information content (AvgIpc) is 3.29. The van der Waals surface area contributed by atoms with Crippen molar-refractivity contribution in [2.45, 2.75) is 34.6 Å². The predicted molar refractivity (Wildman–Crippen MR) is 186 cm³/mol. The average molecular weight is 629 g/mol. The summed E-state index contributed by atoms with van der Waals surface area (Å²) in [6.07, 6.45) is 0. The summed E-state index contributed by atoms with van der Waals surface area (Å²) in [5, 5.41) is 5.77. The van der Waals surface area contributed by atoms with Crippen LogP contribution < -0.4 is 0 Å². The molecule has 6 aromatic carbocycles. The summed E-state index contributed by atoms with van der Waals surface area (Å²) in [7, 11) is 0. The first kappa shape index (κ1) is 27.0. The van der Waals surface area contributed by atoms with Crippen LogP contribution in [-0.2, 0) is 0 Å². The van der Waals surface area contributed by atoms with Crippen LogP contribution in [0.25, 0.3) is 60.5 Å². The lowest BCUT2D eigenvalue weighted by Crippen LogP contribution is -1.97. The normalized spacial score (nSPS) is 11.7. The molecular weight excluding hydrogens is 598 g/mol. The molecule has 42 heavy (non-hydrogen) atoms. The summed E-state index contributed by atoms with van der Waals surface area (Å²) >= 11 is 10.6. The Morgan fingerprint density at radius 1 is 0.571 bits per heavy atom. The van der Waals surface area contributed by atoms with E-state index in [9.17, 15) is 0 Å². The van der Waals surface area contributed by atoms with Crippen LogP contribution in [0.1, 0.15) is 27.8 Å². The SMILES string of the molecule is Cc1cccc(C)c1-c1ccc2c(c1)c1c3ccccc3c(-c3c(C)cccc3C)cc1n2-c1cc(Cl)c(C)c(Br)c1. The third-order valence-corrected chi connectivity index (χ3v) is 10.0. The molecule has 0 aliphatic carbocycles. The first-order chi connectivity index (χ1) is 20.2. The van der Waals surface area contributed by atoms with Gasteiger partial charge in [-0.25, -0.2) is 0 Å². The van der Waals surface area contributed by atoms with E-state index in [1.807, 2.05) is 6.92 Å². The maximum absolute atomic E-state index is 6.80. The molecule has 0 radical (unpaired) electrons. The number of benzene rings is 6. The van der Waals surface area contributed by atoms with E-state index in [1.165, 1.54) is 71.6 Å². The van der Waals surface area contributed by atoms with E-state index in [-0.39, 0.29) is 0 Å². The van der Waals surface area contributed by atoms with Crippen LogP contribution in [0.2, 0.25) is 5.02 Å². The second kappa shape index (κ2) is 10.2. The molecule has 0 saturated heterocycles. The minimum Gasteiger partial charge on any atom is -0.309 e. The Labute approximate surface area is 260 Å². The highest BCUT2D eigenvalue weighted by molar-refractivity contribution is 9.10. The van der Waals surface area contributed by atoms with E-state index >= 15 is 0 Å². The van der Waals surface area contributed by atoms with Crippen LogP contribution in [0.15, 0.2) is 102 Å². The zero-order valence-corrected chi connectivity index (χ0v) is 26.8. The van der Waals surface area contributed by atoms with Crippen molar-refractivity contribution in [2.75, 3.05) is 0 Å². The molecule has 206 valence electrons. The van der Waals surface area contributed by atoms with Crippen molar-refractivity contribution < 1.29 is 0 Å². The van der Waals surface area contributed by atoms with Gasteiger partial charge in [0.25, 0.3) is 0 Å². The largest absolute Gasteiger partial charge is 0.309 e. The van der Waals surface area contributed by atoms with Crippen molar-refractivity contribution in [3.8, 4) is 27.9 Å². The van der Waals surface area contributed by atoms with Crippen molar-refractivity contribution in [2.24, 2.45) is 0 Å². The third kappa shape index (κ3) is 4.12. The Morgan fingerprint density at radius 3 is 1.83 bits per heavy atom. The molecule has 0 aliphatic rings. The first-order valence-corrected chi connectivity index (χ1v) is 15.5. The molecule has 0 aliphatic heterocycles. The van der Waals surface area contributed by atoms with Gasteiger partial charge in [-0.15, -0.1) is 0 Å². The standard InChI is InChI=1S/C39H31BrClN/c1-22-10-8-11-23(2)37(22)27-16-17-35-32(18-27)39-30-15-7-6-14-29(30)31(38-24(3)12-9-13-25(38)4)21-36(39)42(35)28-19-33(40)26(5)34(41)20-28/h6-21H,1-5H3. The Hall–Kier alpha value is -3.85. The van der Waals surface area contributed by atoms with Crippen LogP contribution in [-0.4, -0.2) is 4.57 Å². The fourth-order valence-corrected chi connectivity index (χ4v) is 7.57. The quantitative estimate of drug-likeness (QED) is 0.183. The molecule has 7 aromatic rings. The Balaban J connectivity index is 1.69. The first-order valence-electron chi connectivity index (χ1n) is 14.3. The Kier molecular flexibility index (Phi) is 6.53. The molecule has 0 spiro atoms. The highest BCUT2D eigenvalue weighted by Gasteiger charge is 2.21. The van der Waals surface area contributed by atoms with E-state index in [1.54, 1.807) is 0 Å². The van der Waals surface area contributed by atoms with Gasteiger partial charge in [0, 0.05) is 26.0 Å². The number of nitrogens with zero attached hydrogens (tertiary/aromatic N) is 1. The van der Waals surface area contributed by atoms with Gasteiger partial charge in [-0.05, 0) is 126 Å². The Morgan fingerprint density at radius 2 is 1.19 bits per heavy atom. The molecule has 1 heterocycles. The van der Waals surface area contributed by atoms with E-state index in [4.69, 9.17) is 11.6 Å². The fourth-order valence-electron chi connectivity index (χ4n) is 6.79. The van der Waals surface area contributed by atoms with Crippen LogP contribution in [0.5, 0.6) is 0 Å². The maximum atomic E-state index is 6.80. The second-order valence-corrected chi connectivity index (χ2v) is 12.8. The lowest BCUT2D eigenvalue weighted by atomic mass is 9.89. The van der Waals surface area contributed by atoms with Gasteiger partial charge < -0.3 is 4.57 Å². The van der Waals surface area contributed by atoms with Crippen molar-refractivity contribution in [1.82, 2.24) is 4.57 Å². The van der Waals surface area contributed by atoms with Crippen molar-refractivity contribution in [3.63, 3.8) is 0 Å². The second-order valence-electron chi connectivity index (χ2n) is 11.5. The molecule has 0 unspecified atom stereocenters. The molecule has 0 amide bonds. The maximum Gasteiger partial charge on any atom is 0.0553 e. The number of rotatable bonds is 3. The lowest BCUT2D eigenvalue weighted by molar-refractivity contribution is 1.17. The van der Waals surface area contributed by atoms with Crippen LogP contribution in [0.3, 0.4) is 0 Å². The minimum atomic E-state index is 0.747. The highest BCUT2D eigenvalue weighted by atomic mass is 79.9.